The van der Waals surface area contributed by atoms with E-state index in [-0.39, 0.29) is 29.3 Å². The fourth-order valence-electron chi connectivity index (χ4n) is 3.88. The number of aromatic nitrogens is 3. The number of rotatable bonds is 4. The summed E-state index contributed by atoms with van der Waals surface area (Å²) in [7, 11) is 0. The molecular weight excluding hydrogens is 266 g/mol. The Balaban J connectivity index is 1.92. The fourth-order valence-corrected chi connectivity index (χ4v) is 3.88. The predicted octanol–water partition coefficient (Wildman–Crippen LogP) is 1.46. The van der Waals surface area contributed by atoms with Gasteiger partial charge in [0.05, 0.1) is 11.9 Å². The van der Waals surface area contributed by atoms with Gasteiger partial charge in [0.1, 0.15) is 6.54 Å². The van der Waals surface area contributed by atoms with Gasteiger partial charge in [-0.2, -0.15) is 0 Å². The zero-order valence-electron chi connectivity index (χ0n) is 13.5. The van der Waals surface area contributed by atoms with Crippen LogP contribution in [0.5, 0.6) is 0 Å². The Morgan fingerprint density at radius 2 is 2.00 bits per heavy atom. The first kappa shape index (κ1) is 15.9. The summed E-state index contributed by atoms with van der Waals surface area (Å²) in [5, 5.41) is 10.9. The molecule has 0 radical (unpaired) electrons. The summed E-state index contributed by atoms with van der Waals surface area (Å²) < 4.78 is 1.54. The second kappa shape index (κ2) is 5.75. The molecule has 0 atom stereocenters. The third-order valence-electron chi connectivity index (χ3n) is 4.02. The van der Waals surface area contributed by atoms with Crippen LogP contribution in [0, 0.1) is 10.8 Å². The average Bonchev–Trinajstić information content (AvgIpc) is 2.71. The summed E-state index contributed by atoms with van der Waals surface area (Å²) in [4.78, 5) is 12.2. The van der Waals surface area contributed by atoms with Crippen LogP contribution in [0.25, 0.3) is 0 Å². The summed E-state index contributed by atoms with van der Waals surface area (Å²) in [6.07, 6.45) is 4.95. The van der Waals surface area contributed by atoms with Gasteiger partial charge < -0.3 is 11.1 Å². The third-order valence-corrected chi connectivity index (χ3v) is 4.02. The van der Waals surface area contributed by atoms with Crippen molar-refractivity contribution in [2.75, 3.05) is 0 Å². The highest BCUT2D eigenvalue weighted by molar-refractivity contribution is 5.75. The number of nitrogens with zero attached hydrogens (tertiary/aromatic N) is 3. The maximum atomic E-state index is 12.2. The minimum atomic E-state index is -0.0121. The van der Waals surface area contributed by atoms with E-state index in [1.807, 2.05) is 0 Å². The minimum absolute atomic E-state index is 0.0121. The average molecular weight is 293 g/mol. The maximum absolute atomic E-state index is 12.2. The maximum Gasteiger partial charge on any atom is 0.242 e. The molecule has 1 heterocycles. The minimum Gasteiger partial charge on any atom is -0.352 e. The molecule has 0 bridgehead atoms. The highest BCUT2D eigenvalue weighted by atomic mass is 16.2. The van der Waals surface area contributed by atoms with E-state index in [2.05, 4.69) is 43.3 Å². The van der Waals surface area contributed by atoms with Crippen molar-refractivity contribution in [1.29, 1.82) is 0 Å². The van der Waals surface area contributed by atoms with Gasteiger partial charge in [-0.1, -0.05) is 32.9 Å². The lowest BCUT2D eigenvalue weighted by Crippen LogP contribution is -2.46. The van der Waals surface area contributed by atoms with Crippen LogP contribution in [0.3, 0.4) is 0 Å². The van der Waals surface area contributed by atoms with Crippen LogP contribution in [0.2, 0.25) is 0 Å². The van der Waals surface area contributed by atoms with Crippen LogP contribution in [0.4, 0.5) is 0 Å². The van der Waals surface area contributed by atoms with Crippen molar-refractivity contribution in [1.82, 2.24) is 20.3 Å². The molecule has 0 aliphatic heterocycles. The molecule has 1 amide bonds. The van der Waals surface area contributed by atoms with Gasteiger partial charge in [0.2, 0.25) is 5.91 Å². The van der Waals surface area contributed by atoms with Gasteiger partial charge in [-0.3, -0.25) is 4.79 Å². The quantitative estimate of drug-likeness (QED) is 0.880. The molecule has 1 fully saturated rings. The summed E-state index contributed by atoms with van der Waals surface area (Å²) in [5.74, 6) is -0.0121. The molecule has 1 aliphatic rings. The molecule has 1 aromatic rings. The molecule has 0 spiro atoms. The van der Waals surface area contributed by atoms with E-state index >= 15 is 0 Å². The highest BCUT2D eigenvalue weighted by Gasteiger charge is 2.38. The molecule has 6 nitrogen and oxygen atoms in total. The topological polar surface area (TPSA) is 85.8 Å². The van der Waals surface area contributed by atoms with E-state index in [1.54, 1.807) is 6.20 Å². The first-order valence-electron chi connectivity index (χ1n) is 7.58. The van der Waals surface area contributed by atoms with Crippen LogP contribution in [0.1, 0.15) is 52.7 Å². The second-order valence-corrected chi connectivity index (χ2v) is 7.79. The Labute approximate surface area is 126 Å². The summed E-state index contributed by atoms with van der Waals surface area (Å²) in [5.41, 5.74) is 6.71. The molecule has 0 unspecified atom stereocenters. The number of hydrogen-bond acceptors (Lipinski definition) is 4. The molecule has 21 heavy (non-hydrogen) atoms. The Morgan fingerprint density at radius 3 is 2.52 bits per heavy atom. The van der Waals surface area contributed by atoms with Crippen LogP contribution in [-0.4, -0.2) is 26.9 Å². The zero-order chi connectivity index (χ0) is 15.7. The van der Waals surface area contributed by atoms with Gasteiger partial charge >= 0.3 is 0 Å². The second-order valence-electron chi connectivity index (χ2n) is 7.79. The van der Waals surface area contributed by atoms with Crippen molar-refractivity contribution in [2.24, 2.45) is 16.6 Å². The monoisotopic (exact) mass is 293 g/mol. The number of hydrogen-bond donors (Lipinski definition) is 2. The standard InChI is InChI=1S/C15H27N5O/c1-14(2)5-11(6-15(3,4)10-14)17-13(21)9-20-8-12(7-16)18-19-20/h8,11H,5-7,9-10,16H2,1-4H3,(H,17,21). The molecule has 0 saturated heterocycles. The number of carbonyl (C=O) groups excluding carboxylic acids is 1. The van der Waals surface area contributed by atoms with E-state index in [9.17, 15) is 4.79 Å². The fraction of sp³-hybridized carbons (Fsp3) is 0.800. The largest absolute Gasteiger partial charge is 0.352 e. The van der Waals surface area contributed by atoms with E-state index in [4.69, 9.17) is 5.73 Å². The molecule has 118 valence electrons. The van der Waals surface area contributed by atoms with Crippen LogP contribution in [-0.2, 0) is 17.9 Å². The van der Waals surface area contributed by atoms with Gasteiger partial charge in [0, 0.05) is 12.6 Å². The Bertz CT molecular complexity index is 490. The molecule has 3 N–H and O–H groups in total. The van der Waals surface area contributed by atoms with Crippen molar-refractivity contribution in [3.8, 4) is 0 Å². The number of nitrogens with two attached hydrogens (primary N) is 1. The van der Waals surface area contributed by atoms with Crippen LogP contribution >= 0.6 is 0 Å². The Kier molecular flexibility index (Phi) is 4.37. The van der Waals surface area contributed by atoms with Crippen molar-refractivity contribution in [2.45, 2.75) is 66.1 Å². The molecule has 2 rings (SSSR count). The van der Waals surface area contributed by atoms with Crippen molar-refractivity contribution >= 4 is 5.91 Å². The van der Waals surface area contributed by atoms with Gasteiger partial charge in [0.25, 0.3) is 0 Å². The number of carbonyl (C=O) groups is 1. The molecular formula is C15H27N5O. The number of amides is 1. The third kappa shape index (κ3) is 4.52. The van der Waals surface area contributed by atoms with E-state index in [0.29, 0.717) is 12.2 Å². The van der Waals surface area contributed by atoms with E-state index < -0.39 is 0 Å². The normalized spacial score (nSPS) is 21.2. The lowest BCUT2D eigenvalue weighted by molar-refractivity contribution is -0.123. The van der Waals surface area contributed by atoms with Crippen molar-refractivity contribution < 1.29 is 4.79 Å². The lowest BCUT2D eigenvalue weighted by Gasteiger charge is -2.45. The highest BCUT2D eigenvalue weighted by Crippen LogP contribution is 2.45. The first-order valence-corrected chi connectivity index (χ1v) is 7.58. The molecule has 1 saturated carbocycles. The first-order chi connectivity index (χ1) is 9.69. The molecule has 1 aliphatic carbocycles. The Hall–Kier alpha value is -1.43. The van der Waals surface area contributed by atoms with Crippen molar-refractivity contribution in [3.05, 3.63) is 11.9 Å². The van der Waals surface area contributed by atoms with E-state index in [1.165, 1.54) is 11.1 Å². The van der Waals surface area contributed by atoms with E-state index in [0.717, 1.165) is 12.8 Å². The smallest absolute Gasteiger partial charge is 0.242 e. The SMILES string of the molecule is CC1(C)CC(NC(=O)Cn2cc(CN)nn2)CC(C)(C)C1. The zero-order valence-corrected chi connectivity index (χ0v) is 13.5. The summed E-state index contributed by atoms with van der Waals surface area (Å²) in [6, 6.07) is 0.230. The van der Waals surface area contributed by atoms with Gasteiger partial charge in [-0.25, -0.2) is 4.68 Å². The predicted molar refractivity (Wildman–Crippen MR) is 81.3 cm³/mol. The van der Waals surface area contributed by atoms with Crippen molar-refractivity contribution in [3.63, 3.8) is 0 Å². The summed E-state index contributed by atoms with van der Waals surface area (Å²) >= 11 is 0. The van der Waals surface area contributed by atoms with Gasteiger partial charge in [-0.05, 0) is 30.1 Å². The van der Waals surface area contributed by atoms with Gasteiger partial charge in [0.15, 0.2) is 0 Å². The molecule has 0 aromatic carbocycles. The van der Waals surface area contributed by atoms with Gasteiger partial charge in [-0.15, -0.1) is 5.10 Å². The lowest BCUT2D eigenvalue weighted by atomic mass is 9.63. The summed E-state index contributed by atoms with van der Waals surface area (Å²) in [6.45, 7) is 9.64. The Morgan fingerprint density at radius 1 is 1.38 bits per heavy atom. The van der Waals surface area contributed by atoms with Crippen LogP contribution < -0.4 is 11.1 Å². The number of nitrogens with one attached hydrogen (secondary N) is 1. The molecule has 1 aromatic heterocycles. The van der Waals surface area contributed by atoms with Crippen LogP contribution in [0.15, 0.2) is 6.20 Å². The molecule has 6 heteroatoms.